The molecule has 0 unspecified atom stereocenters. The first-order valence-corrected chi connectivity index (χ1v) is 3.69. The minimum atomic E-state index is -1.22. The molecule has 4 nitrogen and oxygen atoms in total. The van der Waals surface area contributed by atoms with Crippen LogP contribution in [0.4, 0.5) is 0 Å². The van der Waals surface area contributed by atoms with Crippen LogP contribution < -0.4 is 11.1 Å². The fraction of sp³-hybridized carbons (Fsp3) is 0.625. The Balaban J connectivity index is 4.03. The van der Waals surface area contributed by atoms with Gasteiger partial charge in [-0.2, -0.15) is 0 Å². The summed E-state index contributed by atoms with van der Waals surface area (Å²) in [5.74, 6) is 1.55. The molecule has 2 atom stereocenters. The van der Waals surface area contributed by atoms with Crippen LogP contribution in [0.2, 0.25) is 0 Å². The van der Waals surface area contributed by atoms with Crippen LogP contribution in [0.5, 0.6) is 0 Å². The van der Waals surface area contributed by atoms with Gasteiger partial charge >= 0.3 is 0 Å². The van der Waals surface area contributed by atoms with Gasteiger partial charge in [0.05, 0.1) is 0 Å². The summed E-state index contributed by atoms with van der Waals surface area (Å²) in [7, 11) is 0. The molecule has 12 heavy (non-hydrogen) atoms. The number of aliphatic hydroxyl groups excluding tert-OH is 1. The predicted octanol–water partition coefficient (Wildman–Crippen LogP) is -1.17. The Bertz CT molecular complexity index is 196. The smallest absolute Gasteiger partial charge is 0.240 e. The van der Waals surface area contributed by atoms with Crippen molar-refractivity contribution in [3.05, 3.63) is 0 Å². The van der Waals surface area contributed by atoms with Crippen LogP contribution >= 0.6 is 0 Å². The molecule has 0 saturated carbocycles. The lowest BCUT2D eigenvalue weighted by Gasteiger charge is -2.15. The lowest BCUT2D eigenvalue weighted by atomic mass is 10.1. The van der Waals surface area contributed by atoms with E-state index in [1.165, 1.54) is 0 Å². The van der Waals surface area contributed by atoms with E-state index in [0.29, 0.717) is 0 Å². The maximum absolute atomic E-state index is 11.1. The topological polar surface area (TPSA) is 75.3 Å². The second kappa shape index (κ2) is 4.75. The molecule has 0 aliphatic carbocycles. The number of aliphatic hydroxyl groups is 1. The summed E-state index contributed by atoms with van der Waals surface area (Å²) < 4.78 is 0. The summed E-state index contributed by atoms with van der Waals surface area (Å²) in [5.41, 5.74) is 5.32. The van der Waals surface area contributed by atoms with Crippen LogP contribution in [0.25, 0.3) is 0 Å². The van der Waals surface area contributed by atoms with E-state index in [-0.39, 0.29) is 6.04 Å². The lowest BCUT2D eigenvalue weighted by Crippen LogP contribution is -2.49. The van der Waals surface area contributed by atoms with E-state index in [1.807, 2.05) is 5.92 Å². The van der Waals surface area contributed by atoms with E-state index in [4.69, 9.17) is 17.3 Å². The Morgan fingerprint density at radius 1 is 1.67 bits per heavy atom. The van der Waals surface area contributed by atoms with Crippen molar-refractivity contribution in [2.24, 2.45) is 5.73 Å². The highest BCUT2D eigenvalue weighted by molar-refractivity contribution is 5.82. The third-order valence-electron chi connectivity index (χ3n) is 1.24. The number of rotatable bonds is 3. The van der Waals surface area contributed by atoms with Gasteiger partial charge in [-0.1, -0.05) is 5.92 Å². The first-order chi connectivity index (χ1) is 5.49. The van der Waals surface area contributed by atoms with Crippen molar-refractivity contribution in [1.29, 1.82) is 0 Å². The van der Waals surface area contributed by atoms with Crippen molar-refractivity contribution in [2.75, 3.05) is 0 Å². The Hall–Kier alpha value is -1.05. The number of amides is 1. The van der Waals surface area contributed by atoms with Gasteiger partial charge in [-0.25, -0.2) is 0 Å². The third kappa shape index (κ3) is 3.37. The molecule has 0 saturated heterocycles. The van der Waals surface area contributed by atoms with Gasteiger partial charge < -0.3 is 16.2 Å². The van der Waals surface area contributed by atoms with Crippen LogP contribution in [0.15, 0.2) is 0 Å². The molecule has 0 spiro atoms. The molecule has 1 amide bonds. The van der Waals surface area contributed by atoms with E-state index in [0.717, 1.165) is 0 Å². The molecule has 0 heterocycles. The Morgan fingerprint density at radius 3 is 2.50 bits per heavy atom. The van der Waals surface area contributed by atoms with Crippen LogP contribution in [0.3, 0.4) is 0 Å². The minimum Gasteiger partial charge on any atom is -0.378 e. The standard InChI is InChI=1S/C8H14N2O2/c1-4-6(11)7(9)8(12)10-5(2)3/h1,5-7,11H,9H2,2-3H3,(H,10,12)/t6-,7+/m1/s1. The highest BCUT2D eigenvalue weighted by Crippen LogP contribution is 1.89. The molecule has 0 aliphatic heterocycles. The van der Waals surface area contributed by atoms with Gasteiger partial charge in [0.15, 0.2) is 0 Å². The molecular formula is C8H14N2O2. The Kier molecular flexibility index (Phi) is 4.34. The summed E-state index contributed by atoms with van der Waals surface area (Å²) in [6.07, 6.45) is 3.66. The molecule has 0 fully saturated rings. The minimum absolute atomic E-state index is 0.00600. The molecular weight excluding hydrogens is 156 g/mol. The third-order valence-corrected chi connectivity index (χ3v) is 1.24. The van der Waals surface area contributed by atoms with E-state index in [2.05, 4.69) is 5.32 Å². The zero-order valence-electron chi connectivity index (χ0n) is 7.24. The van der Waals surface area contributed by atoms with Crippen molar-refractivity contribution in [3.63, 3.8) is 0 Å². The van der Waals surface area contributed by atoms with E-state index >= 15 is 0 Å². The Labute approximate surface area is 72.1 Å². The second-order valence-corrected chi connectivity index (χ2v) is 2.80. The molecule has 0 aliphatic rings. The summed E-state index contributed by atoms with van der Waals surface area (Å²) in [6, 6.07) is -1.05. The monoisotopic (exact) mass is 170 g/mol. The molecule has 0 radical (unpaired) electrons. The fourth-order valence-electron chi connectivity index (χ4n) is 0.628. The lowest BCUT2D eigenvalue weighted by molar-refractivity contribution is -0.124. The molecule has 0 aromatic carbocycles. The number of carbonyl (C=O) groups excluding carboxylic acids is 1. The maximum Gasteiger partial charge on any atom is 0.240 e. The van der Waals surface area contributed by atoms with Crippen LogP contribution in [-0.2, 0) is 4.79 Å². The van der Waals surface area contributed by atoms with Crippen molar-refractivity contribution < 1.29 is 9.90 Å². The van der Waals surface area contributed by atoms with Crippen molar-refractivity contribution >= 4 is 5.91 Å². The van der Waals surface area contributed by atoms with E-state index in [9.17, 15) is 4.79 Å². The van der Waals surface area contributed by atoms with Gasteiger partial charge in [-0.05, 0) is 13.8 Å². The predicted molar refractivity (Wildman–Crippen MR) is 46.1 cm³/mol. The van der Waals surface area contributed by atoms with Gasteiger partial charge in [0.25, 0.3) is 0 Å². The highest BCUT2D eigenvalue weighted by atomic mass is 16.3. The molecule has 0 rings (SSSR count). The Morgan fingerprint density at radius 2 is 2.17 bits per heavy atom. The second-order valence-electron chi connectivity index (χ2n) is 2.80. The van der Waals surface area contributed by atoms with Crippen LogP contribution in [0, 0.1) is 12.3 Å². The van der Waals surface area contributed by atoms with Crippen LogP contribution in [0.1, 0.15) is 13.8 Å². The number of terminal acetylenes is 1. The van der Waals surface area contributed by atoms with E-state index < -0.39 is 18.1 Å². The molecule has 0 aromatic heterocycles. The SMILES string of the molecule is C#C[C@@H](O)[C@H](N)C(=O)NC(C)C. The first-order valence-electron chi connectivity index (χ1n) is 3.69. The van der Waals surface area contributed by atoms with Gasteiger partial charge in [-0.3, -0.25) is 4.79 Å². The summed E-state index contributed by atoms with van der Waals surface area (Å²) in [4.78, 5) is 11.1. The molecule has 4 N–H and O–H groups in total. The molecule has 4 heteroatoms. The molecule has 0 bridgehead atoms. The zero-order valence-corrected chi connectivity index (χ0v) is 7.24. The number of hydrogen-bond acceptors (Lipinski definition) is 3. The normalized spacial score (nSPS) is 15.0. The van der Waals surface area contributed by atoms with Crippen molar-refractivity contribution in [2.45, 2.75) is 32.0 Å². The average Bonchev–Trinajstić information content (AvgIpc) is 2.00. The summed E-state index contributed by atoms with van der Waals surface area (Å²) in [5, 5.41) is 11.5. The summed E-state index contributed by atoms with van der Waals surface area (Å²) in [6.45, 7) is 3.60. The molecule has 0 aromatic rings. The number of carbonyl (C=O) groups is 1. The molecule has 68 valence electrons. The van der Waals surface area contributed by atoms with Gasteiger partial charge in [0.2, 0.25) is 5.91 Å². The van der Waals surface area contributed by atoms with Gasteiger partial charge in [0.1, 0.15) is 12.1 Å². The van der Waals surface area contributed by atoms with Crippen molar-refractivity contribution in [1.82, 2.24) is 5.32 Å². The highest BCUT2D eigenvalue weighted by Gasteiger charge is 2.20. The fourth-order valence-corrected chi connectivity index (χ4v) is 0.628. The van der Waals surface area contributed by atoms with Gasteiger partial charge in [0, 0.05) is 6.04 Å². The first kappa shape index (κ1) is 11.0. The van der Waals surface area contributed by atoms with Crippen molar-refractivity contribution in [3.8, 4) is 12.3 Å². The van der Waals surface area contributed by atoms with Gasteiger partial charge in [-0.15, -0.1) is 6.42 Å². The zero-order chi connectivity index (χ0) is 9.72. The van der Waals surface area contributed by atoms with Crippen LogP contribution in [-0.4, -0.2) is 29.2 Å². The maximum atomic E-state index is 11.1. The number of nitrogens with one attached hydrogen (secondary N) is 1. The largest absolute Gasteiger partial charge is 0.378 e. The average molecular weight is 170 g/mol. The summed E-state index contributed by atoms with van der Waals surface area (Å²) >= 11 is 0. The van der Waals surface area contributed by atoms with E-state index in [1.54, 1.807) is 13.8 Å². The quantitative estimate of drug-likeness (QED) is 0.467. The number of nitrogens with two attached hydrogens (primary N) is 1. The number of hydrogen-bond donors (Lipinski definition) is 3.